The maximum atomic E-state index is 14.5. The van der Waals surface area contributed by atoms with Crippen LogP contribution in [-0.4, -0.2) is 75.9 Å². The number of benzene rings is 2. The number of nitrogens with one attached hydrogen (secondary N) is 1. The highest BCUT2D eigenvalue weighted by Crippen LogP contribution is 2.40. The summed E-state index contributed by atoms with van der Waals surface area (Å²) >= 11 is 0. The molecule has 2 aliphatic heterocycles. The summed E-state index contributed by atoms with van der Waals surface area (Å²) in [4.78, 5) is 25.1. The van der Waals surface area contributed by atoms with Crippen LogP contribution in [0, 0.1) is 22.9 Å². The average Bonchev–Trinajstić information content (AvgIpc) is 3.03. The van der Waals surface area contributed by atoms with E-state index in [2.05, 4.69) is 15.1 Å². The molecule has 2 aromatic carbocycles. The second-order valence-electron chi connectivity index (χ2n) is 10.6. The molecule has 0 atom stereocenters. The lowest BCUT2D eigenvalue weighted by atomic mass is 9.97. The maximum absolute atomic E-state index is 14.5. The molecule has 4 aromatic rings. The largest absolute Gasteiger partial charge is 0.378 e. The lowest BCUT2D eigenvalue weighted by Gasteiger charge is -2.32. The normalized spacial score (nSPS) is 15.6. The summed E-state index contributed by atoms with van der Waals surface area (Å²) in [6, 6.07) is 10.3. The smallest absolute Gasteiger partial charge is 0.270 e. The molecule has 14 heteroatoms. The van der Waals surface area contributed by atoms with Gasteiger partial charge in [-0.1, -0.05) is 6.07 Å². The van der Waals surface area contributed by atoms with E-state index in [4.69, 9.17) is 19.4 Å². The number of nitrogens with zero attached hydrogens (tertiary/aromatic N) is 5. The first-order valence-electron chi connectivity index (χ1n) is 14.2. The first-order valence-corrected chi connectivity index (χ1v) is 15.6. The van der Waals surface area contributed by atoms with Crippen LogP contribution in [0.1, 0.15) is 11.1 Å². The molecule has 2 saturated heterocycles. The average molecular weight is 623 g/mol. The van der Waals surface area contributed by atoms with Crippen molar-refractivity contribution in [3.8, 4) is 11.3 Å². The molecule has 0 radical (unpaired) electrons. The molecule has 2 aromatic heterocycles. The van der Waals surface area contributed by atoms with Crippen molar-refractivity contribution in [2.24, 2.45) is 0 Å². The lowest BCUT2D eigenvalue weighted by Crippen LogP contribution is -2.38. The van der Waals surface area contributed by atoms with Gasteiger partial charge in [0.1, 0.15) is 16.5 Å². The van der Waals surface area contributed by atoms with Crippen molar-refractivity contribution in [3.05, 3.63) is 75.7 Å². The van der Waals surface area contributed by atoms with Crippen LogP contribution < -0.4 is 15.1 Å². The highest BCUT2D eigenvalue weighted by atomic mass is 32.2. The summed E-state index contributed by atoms with van der Waals surface area (Å²) in [5, 5.41) is 15.9. The predicted molar refractivity (Wildman–Crippen MR) is 166 cm³/mol. The van der Waals surface area contributed by atoms with Gasteiger partial charge in [0.2, 0.25) is 0 Å². The highest BCUT2D eigenvalue weighted by Gasteiger charge is 2.23. The SMILES string of the molecule is Cc1c(-c2cc([N+](=O)[O-])ccc2C[SH](=O)=O)nc2cc(F)ccc2c1Nc1cc(N2CCOCC2)cnc1N1CCOCC1. The van der Waals surface area contributed by atoms with Gasteiger partial charge >= 0.3 is 0 Å². The van der Waals surface area contributed by atoms with Crippen LogP contribution in [0.4, 0.5) is 33.0 Å². The van der Waals surface area contributed by atoms with E-state index in [0.29, 0.717) is 84.2 Å². The van der Waals surface area contributed by atoms with Crippen molar-refractivity contribution >= 4 is 50.2 Å². The zero-order valence-electron chi connectivity index (χ0n) is 24.0. The summed E-state index contributed by atoms with van der Waals surface area (Å²) in [5.74, 6) is -0.115. The number of pyridine rings is 2. The second-order valence-corrected chi connectivity index (χ2v) is 11.6. The molecule has 1 N–H and O–H groups in total. The van der Waals surface area contributed by atoms with Crippen LogP contribution in [-0.2, 0) is 25.9 Å². The lowest BCUT2D eigenvalue weighted by molar-refractivity contribution is -0.384. The van der Waals surface area contributed by atoms with Crippen molar-refractivity contribution < 1.29 is 27.2 Å². The van der Waals surface area contributed by atoms with Crippen molar-refractivity contribution in [3.63, 3.8) is 0 Å². The molecule has 6 rings (SSSR count). The second kappa shape index (κ2) is 12.7. The minimum Gasteiger partial charge on any atom is -0.378 e. The molecule has 4 heterocycles. The number of rotatable bonds is 8. The predicted octanol–water partition coefficient (Wildman–Crippen LogP) is 4.18. The van der Waals surface area contributed by atoms with Crippen molar-refractivity contribution in [2.75, 3.05) is 67.7 Å². The molecular weight excluding hydrogens is 591 g/mol. The summed E-state index contributed by atoms with van der Waals surface area (Å²) < 4.78 is 49.2. The highest BCUT2D eigenvalue weighted by molar-refractivity contribution is 7.71. The Morgan fingerprint density at radius 1 is 1.00 bits per heavy atom. The van der Waals surface area contributed by atoms with Crippen molar-refractivity contribution in [1.82, 2.24) is 9.97 Å². The number of nitro groups is 1. The van der Waals surface area contributed by atoms with Gasteiger partial charge in [0.15, 0.2) is 5.82 Å². The molecule has 0 bridgehead atoms. The van der Waals surface area contributed by atoms with Crippen LogP contribution in [0.3, 0.4) is 0 Å². The van der Waals surface area contributed by atoms with Crippen LogP contribution in [0.2, 0.25) is 0 Å². The number of fused-ring (bicyclic) bond motifs is 1. The van der Waals surface area contributed by atoms with Gasteiger partial charge in [-0.3, -0.25) is 10.1 Å². The van der Waals surface area contributed by atoms with E-state index in [0.717, 1.165) is 24.6 Å². The fourth-order valence-corrected chi connectivity index (χ4v) is 6.18. The third-order valence-corrected chi connectivity index (χ3v) is 8.45. The maximum Gasteiger partial charge on any atom is 0.270 e. The van der Waals surface area contributed by atoms with E-state index in [1.807, 2.05) is 12.3 Å². The number of halogens is 1. The fourth-order valence-electron chi connectivity index (χ4n) is 5.63. The summed E-state index contributed by atoms with van der Waals surface area (Å²) in [6.45, 7) is 6.88. The van der Waals surface area contributed by atoms with Gasteiger partial charge in [0.25, 0.3) is 5.69 Å². The number of nitro benzene ring substituents is 1. The van der Waals surface area contributed by atoms with Gasteiger partial charge < -0.3 is 24.6 Å². The molecule has 2 aliphatic rings. The Kier molecular flexibility index (Phi) is 8.55. The van der Waals surface area contributed by atoms with E-state index < -0.39 is 21.4 Å². The number of hydrogen-bond acceptors (Lipinski definition) is 11. The molecule has 12 nitrogen and oxygen atoms in total. The van der Waals surface area contributed by atoms with Crippen molar-refractivity contribution in [2.45, 2.75) is 12.7 Å². The molecule has 0 aliphatic carbocycles. The number of thiol groups is 1. The fraction of sp³-hybridized carbons (Fsp3) is 0.333. The Morgan fingerprint density at radius 2 is 1.70 bits per heavy atom. The van der Waals surface area contributed by atoms with Gasteiger partial charge in [-0.2, -0.15) is 0 Å². The molecule has 0 unspecified atom stereocenters. The Labute approximate surface area is 254 Å². The minimum absolute atomic E-state index is 0.211. The van der Waals surface area contributed by atoms with E-state index in [9.17, 15) is 22.9 Å². The van der Waals surface area contributed by atoms with Crippen LogP contribution >= 0.6 is 0 Å². The van der Waals surface area contributed by atoms with Gasteiger partial charge in [0.05, 0.1) is 71.6 Å². The monoisotopic (exact) mass is 622 g/mol. The number of non-ortho nitro benzene ring substituents is 1. The van der Waals surface area contributed by atoms with Crippen molar-refractivity contribution in [1.29, 1.82) is 0 Å². The molecule has 44 heavy (non-hydrogen) atoms. The Morgan fingerprint density at radius 3 is 2.39 bits per heavy atom. The first kappa shape index (κ1) is 29.7. The number of aromatic nitrogens is 2. The topological polar surface area (TPSA) is 140 Å². The van der Waals surface area contributed by atoms with E-state index in [-0.39, 0.29) is 11.4 Å². The zero-order chi connectivity index (χ0) is 30.8. The molecule has 0 saturated carbocycles. The third-order valence-electron chi connectivity index (χ3n) is 7.85. The first-order chi connectivity index (χ1) is 21.3. The summed E-state index contributed by atoms with van der Waals surface area (Å²) in [5.41, 5.74) is 3.89. The van der Waals surface area contributed by atoms with Gasteiger partial charge in [-0.05, 0) is 36.2 Å². The molecule has 230 valence electrons. The van der Waals surface area contributed by atoms with Gasteiger partial charge in [-0.25, -0.2) is 22.8 Å². The zero-order valence-corrected chi connectivity index (χ0v) is 24.9. The molecule has 2 fully saturated rings. The Balaban J connectivity index is 1.55. The van der Waals surface area contributed by atoms with Gasteiger partial charge in [0, 0.05) is 55.3 Å². The summed E-state index contributed by atoms with van der Waals surface area (Å²) in [6.07, 6.45) is 1.85. The molecular formula is C30H31FN6O6S. The number of hydrogen-bond donors (Lipinski definition) is 2. The number of morpholine rings is 2. The Bertz CT molecular complexity index is 1800. The van der Waals surface area contributed by atoms with E-state index in [1.165, 1.54) is 30.3 Å². The quantitative estimate of drug-likeness (QED) is 0.166. The molecule has 0 spiro atoms. The molecule has 0 amide bonds. The number of ether oxygens (including phenoxy) is 2. The van der Waals surface area contributed by atoms with E-state index in [1.54, 1.807) is 13.0 Å². The van der Waals surface area contributed by atoms with Crippen LogP contribution in [0.15, 0.2) is 48.7 Å². The van der Waals surface area contributed by atoms with E-state index >= 15 is 0 Å². The minimum atomic E-state index is -2.84. The third kappa shape index (κ3) is 6.14. The number of anilines is 4. The van der Waals surface area contributed by atoms with Gasteiger partial charge in [-0.15, -0.1) is 0 Å². The van der Waals surface area contributed by atoms with Crippen LogP contribution in [0.25, 0.3) is 22.2 Å². The summed E-state index contributed by atoms with van der Waals surface area (Å²) in [7, 11) is -2.84. The Hall–Kier alpha value is -4.40. The standard InChI is InChI=1S/C30H31FN6O6S/c1-19-28(34-27-16-23(35-6-10-42-11-7-35)17-32-30(27)36-8-12-43-13-9-36)24-5-3-21(31)14-26(24)33-29(19)25-15-22(37(38)39)4-2-20(25)18-44(40)41/h2-5,14-17,44H,6-13,18H2,1H3,(H,33,34). The van der Waals surface area contributed by atoms with Crippen LogP contribution in [0.5, 0.6) is 0 Å².